The Balaban J connectivity index is 1.82. The second-order valence-electron chi connectivity index (χ2n) is 8.83. The fourth-order valence-corrected chi connectivity index (χ4v) is 5.27. The zero-order chi connectivity index (χ0) is 26.1. The highest BCUT2D eigenvalue weighted by Gasteiger charge is 2.53. The van der Waals surface area contributed by atoms with Crippen molar-refractivity contribution in [3.63, 3.8) is 0 Å². The molecule has 0 N–H and O–H groups in total. The molecule has 1 heterocycles. The lowest BCUT2D eigenvalue weighted by molar-refractivity contribution is -0.156. The minimum atomic E-state index is -1.23. The minimum Gasteiger partial charge on any atom is -0.292 e. The van der Waals surface area contributed by atoms with Gasteiger partial charge in [-0.2, -0.15) is 5.01 Å². The lowest BCUT2D eigenvalue weighted by atomic mass is 9.82. The van der Waals surface area contributed by atoms with Gasteiger partial charge in [-0.25, -0.2) is 5.01 Å². The molecule has 1 fully saturated rings. The molecule has 36 heavy (non-hydrogen) atoms. The number of halogens is 4. The molecule has 0 bridgehead atoms. The lowest BCUT2D eigenvalue weighted by Gasteiger charge is -2.36. The van der Waals surface area contributed by atoms with E-state index in [1.165, 1.54) is 30.3 Å². The Morgan fingerprint density at radius 2 is 1.61 bits per heavy atom. The molecule has 2 aromatic rings. The highest BCUT2D eigenvalue weighted by Crippen LogP contribution is 2.39. The summed E-state index contributed by atoms with van der Waals surface area (Å²) < 4.78 is 0. The number of benzene rings is 2. The van der Waals surface area contributed by atoms with Crippen molar-refractivity contribution >= 4 is 69.9 Å². The van der Waals surface area contributed by atoms with E-state index in [4.69, 9.17) is 46.4 Å². The number of hydrogen-bond acceptors (Lipinski definition) is 4. The summed E-state index contributed by atoms with van der Waals surface area (Å²) in [7, 11) is 0. The van der Waals surface area contributed by atoms with Gasteiger partial charge in [0.25, 0.3) is 17.7 Å². The first-order chi connectivity index (χ1) is 17.1. The zero-order valence-corrected chi connectivity index (χ0v) is 22.2. The van der Waals surface area contributed by atoms with Gasteiger partial charge in [-0.3, -0.25) is 19.2 Å². The Morgan fingerprint density at radius 3 is 2.25 bits per heavy atom. The lowest BCUT2D eigenvalue weighted by Crippen LogP contribution is -2.57. The van der Waals surface area contributed by atoms with E-state index >= 15 is 0 Å². The quantitative estimate of drug-likeness (QED) is 0.172. The summed E-state index contributed by atoms with van der Waals surface area (Å²) in [5.41, 5.74) is 1.32. The number of allylic oxidation sites excluding steroid dienone is 2. The van der Waals surface area contributed by atoms with Gasteiger partial charge in [-0.15, -0.1) is 11.6 Å². The van der Waals surface area contributed by atoms with E-state index in [1.54, 1.807) is 12.1 Å². The van der Waals surface area contributed by atoms with E-state index in [2.05, 4.69) is 0 Å². The van der Waals surface area contributed by atoms with Crippen molar-refractivity contribution < 1.29 is 19.2 Å². The van der Waals surface area contributed by atoms with Crippen molar-refractivity contribution in [1.82, 2.24) is 10.0 Å². The van der Waals surface area contributed by atoms with Gasteiger partial charge in [-0.1, -0.05) is 46.5 Å². The van der Waals surface area contributed by atoms with Gasteiger partial charge >= 0.3 is 0 Å². The summed E-state index contributed by atoms with van der Waals surface area (Å²) in [6.07, 6.45) is 2.72. The number of rotatable bonds is 7. The van der Waals surface area contributed by atoms with Crippen molar-refractivity contribution in [3.05, 3.63) is 80.3 Å². The summed E-state index contributed by atoms with van der Waals surface area (Å²) in [5.74, 6) is -3.47. The second kappa shape index (κ2) is 10.9. The molecule has 1 saturated heterocycles. The predicted octanol–water partition coefficient (Wildman–Crippen LogP) is 6.23. The smallest absolute Gasteiger partial charge is 0.273 e. The summed E-state index contributed by atoms with van der Waals surface area (Å²) in [4.78, 5) is 54.7. The number of amides is 3. The number of alkyl halides is 1. The molecular weight excluding hydrogens is 546 g/mol. The molecule has 0 radical (unpaired) electrons. The number of fused-ring (bicyclic) bond motifs is 1. The molecule has 2 aliphatic rings. The second-order valence-corrected chi connectivity index (χ2v) is 10.5. The predicted molar refractivity (Wildman–Crippen MR) is 139 cm³/mol. The topological polar surface area (TPSA) is 74.8 Å². The maximum atomic E-state index is 13.9. The normalized spacial score (nSPS) is 20.1. The van der Waals surface area contributed by atoms with Crippen LogP contribution in [0.25, 0.3) is 0 Å². The zero-order valence-electron chi connectivity index (χ0n) is 19.2. The van der Waals surface area contributed by atoms with Crippen molar-refractivity contribution in [2.75, 3.05) is 5.88 Å². The molecule has 10 heteroatoms. The van der Waals surface area contributed by atoms with Gasteiger partial charge in [0.15, 0.2) is 5.78 Å². The Morgan fingerprint density at radius 1 is 0.972 bits per heavy atom. The van der Waals surface area contributed by atoms with E-state index in [0.29, 0.717) is 17.9 Å². The van der Waals surface area contributed by atoms with Gasteiger partial charge in [0.1, 0.15) is 6.04 Å². The van der Waals surface area contributed by atoms with E-state index in [0.717, 1.165) is 15.6 Å². The number of hydrogen-bond donors (Lipinski definition) is 0. The summed E-state index contributed by atoms with van der Waals surface area (Å²) in [6, 6.07) is 9.12. The van der Waals surface area contributed by atoms with Crippen LogP contribution in [0.3, 0.4) is 0 Å². The van der Waals surface area contributed by atoms with Crippen LogP contribution in [-0.4, -0.2) is 45.4 Å². The first-order valence-electron chi connectivity index (χ1n) is 11.3. The molecule has 4 rings (SSSR count). The molecule has 0 aromatic heterocycles. The van der Waals surface area contributed by atoms with Crippen LogP contribution in [0.5, 0.6) is 0 Å². The number of carbonyl (C=O) groups is 4. The van der Waals surface area contributed by atoms with Crippen molar-refractivity contribution in [3.8, 4) is 0 Å². The molecule has 0 unspecified atom stereocenters. The Labute approximate surface area is 228 Å². The number of ketones is 1. The molecular formula is C26H22Cl4N2O4. The first kappa shape index (κ1) is 26.7. The van der Waals surface area contributed by atoms with Crippen molar-refractivity contribution in [2.45, 2.75) is 32.2 Å². The van der Waals surface area contributed by atoms with Crippen LogP contribution < -0.4 is 0 Å². The molecule has 188 valence electrons. The molecule has 0 saturated carbocycles. The summed E-state index contributed by atoms with van der Waals surface area (Å²) in [5, 5.41) is 2.58. The highest BCUT2D eigenvalue weighted by atomic mass is 35.5. The van der Waals surface area contributed by atoms with Gasteiger partial charge in [0.2, 0.25) is 0 Å². The average Bonchev–Trinajstić information content (AvgIpc) is 3.09. The monoisotopic (exact) mass is 566 g/mol. The standard InChI is InChI=1S/C26H22Cl4N2O4/c1-14-2-8-18-19(12-14)26(36)32(25(18)35)31(24(34)16-5-9-20(29)21(30)13-16)22(10-11-27)23(33)15-3-6-17(28)7-4-15/h2-7,9,13,18-19,22H,8,10-12H2,1H3/t18-,19+,22-/m0/s1. The minimum absolute atomic E-state index is 0.000250. The average molecular weight is 568 g/mol. The third-order valence-electron chi connectivity index (χ3n) is 6.50. The Hall–Kier alpha value is -2.38. The third kappa shape index (κ3) is 5.05. The maximum absolute atomic E-state index is 13.9. The molecule has 6 nitrogen and oxygen atoms in total. The summed E-state index contributed by atoms with van der Waals surface area (Å²) >= 11 is 24.2. The Kier molecular flexibility index (Phi) is 8.10. The van der Waals surface area contributed by atoms with Crippen LogP contribution in [-0.2, 0) is 9.59 Å². The highest BCUT2D eigenvalue weighted by molar-refractivity contribution is 6.42. The van der Waals surface area contributed by atoms with E-state index < -0.39 is 41.4 Å². The molecule has 2 aromatic carbocycles. The molecule has 3 atom stereocenters. The van der Waals surface area contributed by atoms with Crippen molar-refractivity contribution in [2.24, 2.45) is 11.8 Å². The van der Waals surface area contributed by atoms with Crippen LogP contribution in [0.4, 0.5) is 0 Å². The number of hydrazine groups is 1. The van der Waals surface area contributed by atoms with E-state index in [1.807, 2.05) is 13.0 Å². The number of nitrogens with zero attached hydrogens (tertiary/aromatic N) is 2. The number of carbonyl (C=O) groups excluding carboxylic acids is 4. The van der Waals surface area contributed by atoms with Crippen LogP contribution in [0, 0.1) is 11.8 Å². The van der Waals surface area contributed by atoms with Crippen LogP contribution in [0.15, 0.2) is 54.1 Å². The van der Waals surface area contributed by atoms with Crippen LogP contribution >= 0.6 is 46.4 Å². The van der Waals surface area contributed by atoms with Crippen LogP contribution in [0.1, 0.15) is 46.9 Å². The molecule has 0 spiro atoms. The first-order valence-corrected chi connectivity index (χ1v) is 13.0. The van der Waals surface area contributed by atoms with Crippen molar-refractivity contribution in [1.29, 1.82) is 0 Å². The number of imide groups is 1. The third-order valence-corrected chi connectivity index (χ3v) is 7.71. The van der Waals surface area contributed by atoms with Gasteiger partial charge in [0.05, 0.1) is 21.9 Å². The maximum Gasteiger partial charge on any atom is 0.273 e. The van der Waals surface area contributed by atoms with Gasteiger partial charge in [-0.05, 0) is 68.7 Å². The fraction of sp³-hybridized carbons (Fsp3) is 0.308. The molecule has 1 aliphatic carbocycles. The van der Waals surface area contributed by atoms with Gasteiger partial charge in [0, 0.05) is 22.0 Å². The number of Topliss-reactive ketones (excluding diaryl/α,β-unsaturated/α-hetero) is 1. The SMILES string of the molecule is CC1=CC[C@@H]2C(=O)N(N(C(=O)c3ccc(Cl)c(Cl)c3)[C@@H](CCCl)C(=O)c3ccc(Cl)cc3)C(=O)[C@@H]2C1. The van der Waals surface area contributed by atoms with E-state index in [9.17, 15) is 19.2 Å². The largest absolute Gasteiger partial charge is 0.292 e. The molecule has 1 aliphatic heterocycles. The fourth-order valence-electron chi connectivity index (χ4n) is 4.64. The van der Waals surface area contributed by atoms with Gasteiger partial charge < -0.3 is 0 Å². The summed E-state index contributed by atoms with van der Waals surface area (Å²) in [6.45, 7) is 1.90. The van der Waals surface area contributed by atoms with Crippen LogP contribution in [0.2, 0.25) is 15.1 Å². The Bertz CT molecular complexity index is 1260. The van der Waals surface area contributed by atoms with E-state index in [-0.39, 0.29) is 33.5 Å². The molecule has 3 amide bonds.